The van der Waals surface area contributed by atoms with Gasteiger partial charge in [-0.15, -0.1) is 0 Å². The molecule has 0 spiro atoms. The molecule has 6 aromatic rings. The summed E-state index contributed by atoms with van der Waals surface area (Å²) in [5, 5.41) is 6.95. The number of hydrogen-bond donors (Lipinski definition) is 2. The zero-order valence-electron chi connectivity index (χ0n) is 23.5. The van der Waals surface area contributed by atoms with Gasteiger partial charge in [-0.2, -0.15) is 0 Å². The van der Waals surface area contributed by atoms with Crippen LogP contribution in [0, 0.1) is 13.8 Å². The van der Waals surface area contributed by atoms with Crippen LogP contribution in [0.4, 0.5) is 21.0 Å². The summed E-state index contributed by atoms with van der Waals surface area (Å²) in [5.74, 6) is 0.968. The predicted molar refractivity (Wildman–Crippen MR) is 172 cm³/mol. The number of para-hydroxylation sites is 2. The highest BCUT2D eigenvalue weighted by molar-refractivity contribution is 6.61. The standard InChI is InChI=1S/C17H14N2O2.C10H10N2.C7H5ClO2/c1-12-14-8-5-9-16(15(14)10-11-18-12)19-17(20)21-13-6-3-2-4-7-13;1-7-8-3-2-4-10(11)9(8)5-6-12-7;8-7(9)10-6-4-2-1-3-5-6/h2-11H,1H3,(H,19,20);2-6H,11H2,1H3;1-5H. The quantitative estimate of drug-likeness (QED) is 0.156. The molecule has 0 saturated heterocycles. The number of ether oxygens (including phenoxy) is 2. The number of carbonyl (C=O) groups excluding carboxylic acids is 2. The number of halogens is 1. The Hall–Kier alpha value is -5.47. The minimum Gasteiger partial charge on any atom is -0.415 e. The fourth-order valence-corrected chi connectivity index (χ4v) is 4.24. The molecule has 2 heterocycles. The molecule has 0 unspecified atom stereocenters. The molecule has 2 aromatic heterocycles. The minimum absolute atomic E-state index is 0.461. The predicted octanol–water partition coefficient (Wildman–Crippen LogP) is 8.70. The van der Waals surface area contributed by atoms with Crippen LogP contribution in [0.25, 0.3) is 21.5 Å². The Morgan fingerprint density at radius 1 is 0.628 bits per heavy atom. The van der Waals surface area contributed by atoms with Gasteiger partial charge >= 0.3 is 11.5 Å². The van der Waals surface area contributed by atoms with Crippen molar-refractivity contribution >= 4 is 56.0 Å². The Bertz CT molecular complexity index is 1790. The number of carbonyl (C=O) groups is 2. The number of amides is 1. The lowest BCUT2D eigenvalue weighted by Gasteiger charge is -2.10. The number of rotatable bonds is 3. The number of nitrogens with zero attached hydrogens (tertiary/aromatic N) is 2. The average Bonchev–Trinajstić information content (AvgIpc) is 3.00. The Morgan fingerprint density at radius 2 is 1.14 bits per heavy atom. The number of nitrogens with one attached hydrogen (secondary N) is 1. The van der Waals surface area contributed by atoms with Crippen LogP contribution < -0.4 is 20.5 Å². The number of anilines is 2. The van der Waals surface area contributed by atoms with E-state index in [4.69, 9.17) is 22.1 Å². The van der Waals surface area contributed by atoms with E-state index in [1.807, 2.05) is 86.6 Å². The summed E-state index contributed by atoms with van der Waals surface area (Å²) in [5.41, 5.74) is 8.46. The molecule has 3 N–H and O–H groups in total. The van der Waals surface area contributed by atoms with Crippen molar-refractivity contribution in [2.75, 3.05) is 11.1 Å². The van der Waals surface area contributed by atoms with Gasteiger partial charge in [-0.3, -0.25) is 15.3 Å². The second-order valence-electron chi connectivity index (χ2n) is 9.12. The van der Waals surface area contributed by atoms with Gasteiger partial charge in [0.15, 0.2) is 0 Å². The topological polar surface area (TPSA) is 116 Å². The van der Waals surface area contributed by atoms with E-state index in [1.165, 1.54) is 0 Å². The van der Waals surface area contributed by atoms with Gasteiger partial charge in [0.1, 0.15) is 11.5 Å². The molecule has 43 heavy (non-hydrogen) atoms. The van der Waals surface area contributed by atoms with E-state index in [2.05, 4.69) is 20.0 Å². The number of aryl methyl sites for hydroxylation is 2. The molecule has 0 atom stereocenters. The number of nitrogens with two attached hydrogens (primary N) is 1. The molecule has 216 valence electrons. The monoisotopic (exact) mass is 592 g/mol. The molecule has 0 saturated carbocycles. The van der Waals surface area contributed by atoms with Crippen LogP contribution >= 0.6 is 11.6 Å². The van der Waals surface area contributed by atoms with E-state index in [-0.39, 0.29) is 0 Å². The summed E-state index contributed by atoms with van der Waals surface area (Å²) < 4.78 is 9.77. The fraction of sp³-hybridized carbons (Fsp3) is 0.0588. The van der Waals surface area contributed by atoms with Gasteiger partial charge in [-0.25, -0.2) is 9.59 Å². The van der Waals surface area contributed by atoms with Crippen LogP contribution in [0.1, 0.15) is 11.4 Å². The molecule has 1 amide bonds. The molecule has 0 aliphatic carbocycles. The van der Waals surface area contributed by atoms with Crippen molar-refractivity contribution < 1.29 is 19.1 Å². The number of hydrogen-bond acceptors (Lipinski definition) is 7. The molecular weight excluding hydrogens is 564 g/mol. The third-order valence-corrected chi connectivity index (χ3v) is 6.25. The highest BCUT2D eigenvalue weighted by atomic mass is 35.5. The van der Waals surface area contributed by atoms with Crippen LogP contribution in [0.2, 0.25) is 0 Å². The molecule has 9 heteroatoms. The highest BCUT2D eigenvalue weighted by Crippen LogP contribution is 2.25. The maximum absolute atomic E-state index is 12.0. The molecule has 4 aromatic carbocycles. The van der Waals surface area contributed by atoms with Gasteiger partial charge in [0.25, 0.3) is 0 Å². The first-order valence-corrected chi connectivity index (χ1v) is 13.6. The second kappa shape index (κ2) is 15.0. The van der Waals surface area contributed by atoms with E-state index >= 15 is 0 Å². The first-order valence-electron chi connectivity index (χ1n) is 13.2. The van der Waals surface area contributed by atoms with Gasteiger partial charge in [-0.05, 0) is 62.4 Å². The SMILES string of the molecule is Cc1nccc2c(N)cccc12.Cc1nccc2c(NC(=O)Oc3ccccc3)cccc12.O=C(Cl)Oc1ccccc1. The average molecular weight is 593 g/mol. The van der Waals surface area contributed by atoms with Crippen molar-refractivity contribution in [3.63, 3.8) is 0 Å². The lowest BCUT2D eigenvalue weighted by atomic mass is 10.1. The summed E-state index contributed by atoms with van der Waals surface area (Å²) in [6, 6.07) is 33.0. The Balaban J connectivity index is 0.000000163. The third kappa shape index (κ3) is 8.76. The maximum Gasteiger partial charge on any atom is 0.417 e. The van der Waals surface area contributed by atoms with Crippen molar-refractivity contribution in [3.05, 3.63) is 133 Å². The molecule has 0 fully saturated rings. The first-order chi connectivity index (χ1) is 20.8. The highest BCUT2D eigenvalue weighted by Gasteiger charge is 2.09. The van der Waals surface area contributed by atoms with E-state index in [0.717, 1.165) is 38.6 Å². The van der Waals surface area contributed by atoms with Crippen molar-refractivity contribution in [3.8, 4) is 11.5 Å². The zero-order valence-corrected chi connectivity index (χ0v) is 24.3. The molecule has 0 bridgehead atoms. The molecular formula is C34H29ClN4O4. The largest absolute Gasteiger partial charge is 0.417 e. The summed E-state index contributed by atoms with van der Waals surface area (Å²) >= 11 is 4.95. The van der Waals surface area contributed by atoms with Gasteiger partial charge in [0, 0.05) is 62.6 Å². The first kappa shape index (κ1) is 30.5. The number of benzene rings is 4. The fourth-order valence-electron chi connectivity index (χ4n) is 4.15. The maximum atomic E-state index is 12.0. The summed E-state index contributed by atoms with van der Waals surface area (Å²) in [7, 11) is 0. The summed E-state index contributed by atoms with van der Waals surface area (Å²) in [6.45, 7) is 3.93. The number of fused-ring (bicyclic) bond motifs is 2. The van der Waals surface area contributed by atoms with Crippen molar-refractivity contribution in [2.24, 2.45) is 0 Å². The Kier molecular flexibility index (Phi) is 10.6. The third-order valence-electron chi connectivity index (χ3n) is 6.18. The van der Waals surface area contributed by atoms with Gasteiger partial charge in [0.2, 0.25) is 0 Å². The number of aromatic nitrogens is 2. The Labute approximate surface area is 254 Å². The molecule has 8 nitrogen and oxygen atoms in total. The van der Waals surface area contributed by atoms with E-state index < -0.39 is 11.5 Å². The number of pyridine rings is 2. The smallest absolute Gasteiger partial charge is 0.415 e. The minimum atomic E-state index is -0.814. The van der Waals surface area contributed by atoms with Crippen LogP contribution in [0.5, 0.6) is 11.5 Å². The summed E-state index contributed by atoms with van der Waals surface area (Å²) in [6.07, 6.45) is 3.00. The summed E-state index contributed by atoms with van der Waals surface area (Å²) in [4.78, 5) is 30.6. The molecule has 6 rings (SSSR count). The van der Waals surface area contributed by atoms with E-state index in [0.29, 0.717) is 17.2 Å². The lowest BCUT2D eigenvalue weighted by Crippen LogP contribution is -2.16. The molecule has 0 aliphatic heterocycles. The van der Waals surface area contributed by atoms with Crippen molar-refractivity contribution in [2.45, 2.75) is 13.8 Å². The van der Waals surface area contributed by atoms with Crippen LogP contribution in [0.3, 0.4) is 0 Å². The van der Waals surface area contributed by atoms with E-state index in [9.17, 15) is 9.59 Å². The van der Waals surface area contributed by atoms with Crippen LogP contribution in [-0.2, 0) is 0 Å². The number of nitrogen functional groups attached to an aromatic ring is 1. The van der Waals surface area contributed by atoms with Crippen molar-refractivity contribution in [1.29, 1.82) is 0 Å². The Morgan fingerprint density at radius 3 is 1.70 bits per heavy atom. The van der Waals surface area contributed by atoms with Crippen LogP contribution in [-0.4, -0.2) is 21.5 Å². The molecule has 0 radical (unpaired) electrons. The lowest BCUT2D eigenvalue weighted by molar-refractivity contribution is 0.215. The van der Waals surface area contributed by atoms with Crippen molar-refractivity contribution in [1.82, 2.24) is 9.97 Å². The van der Waals surface area contributed by atoms with E-state index in [1.54, 1.807) is 48.8 Å². The van der Waals surface area contributed by atoms with Crippen LogP contribution in [0.15, 0.2) is 122 Å². The second-order valence-corrected chi connectivity index (χ2v) is 9.42. The van der Waals surface area contributed by atoms with Gasteiger partial charge < -0.3 is 15.2 Å². The van der Waals surface area contributed by atoms with Gasteiger partial charge in [-0.1, -0.05) is 60.7 Å². The molecule has 0 aliphatic rings. The van der Waals surface area contributed by atoms with Gasteiger partial charge in [0.05, 0.1) is 5.69 Å². The zero-order chi connectivity index (χ0) is 30.6. The normalized spacial score (nSPS) is 10.0.